The number of carbonyl (C=O) groups is 1. The molecule has 0 bridgehead atoms. The molecule has 1 heterocycles. The summed E-state index contributed by atoms with van der Waals surface area (Å²) < 4.78 is 6.60. The molecule has 0 saturated heterocycles. The lowest BCUT2D eigenvalue weighted by Crippen LogP contribution is -1.98. The van der Waals surface area contributed by atoms with Crippen LogP contribution in [0.5, 0.6) is 5.75 Å². The van der Waals surface area contributed by atoms with Gasteiger partial charge < -0.3 is 4.74 Å². The molecule has 19 heavy (non-hydrogen) atoms. The Balaban J connectivity index is 1.94. The van der Waals surface area contributed by atoms with Crippen LogP contribution in [0.1, 0.15) is 18.1 Å². The first-order valence-corrected chi connectivity index (χ1v) is 6.73. The van der Waals surface area contributed by atoms with Gasteiger partial charge in [-0.25, -0.2) is 0 Å². The molecule has 0 unspecified atom stereocenters. The van der Waals surface area contributed by atoms with Gasteiger partial charge in [0, 0.05) is 28.9 Å². The average molecular weight is 320 g/mol. The van der Waals surface area contributed by atoms with Crippen LogP contribution in [0, 0.1) is 0 Å². The fourth-order valence-corrected chi connectivity index (χ4v) is 2.10. The van der Waals surface area contributed by atoms with E-state index in [0.29, 0.717) is 13.0 Å². The van der Waals surface area contributed by atoms with Crippen molar-refractivity contribution in [3.63, 3.8) is 0 Å². The van der Waals surface area contributed by atoms with E-state index in [1.165, 1.54) is 0 Å². The lowest BCUT2D eigenvalue weighted by molar-refractivity contribution is -0.116. The highest BCUT2D eigenvalue weighted by Gasteiger charge is 2.00. The molecule has 2 aromatic rings. The lowest BCUT2D eigenvalue weighted by Gasteiger charge is -2.07. The molecule has 1 aromatic carbocycles. The van der Waals surface area contributed by atoms with E-state index in [0.717, 1.165) is 21.3 Å². The van der Waals surface area contributed by atoms with Gasteiger partial charge in [0.1, 0.15) is 18.1 Å². The Kier molecular flexibility index (Phi) is 4.68. The van der Waals surface area contributed by atoms with E-state index < -0.39 is 0 Å². The molecule has 0 atom stereocenters. The molecule has 98 valence electrons. The number of halogens is 1. The summed E-state index contributed by atoms with van der Waals surface area (Å²) in [5.74, 6) is 0.946. The van der Waals surface area contributed by atoms with Crippen molar-refractivity contribution in [2.45, 2.75) is 20.0 Å². The van der Waals surface area contributed by atoms with Crippen molar-refractivity contribution < 1.29 is 9.53 Å². The summed E-state index contributed by atoms with van der Waals surface area (Å²) in [5.41, 5.74) is 2.01. The van der Waals surface area contributed by atoms with Crippen molar-refractivity contribution in [2.75, 3.05) is 0 Å². The molecule has 0 fully saturated rings. The molecule has 0 spiro atoms. The summed E-state index contributed by atoms with van der Waals surface area (Å²) in [6.07, 6.45) is 3.98. The second-order valence-corrected chi connectivity index (χ2v) is 5.24. The predicted octanol–water partition coefficient (Wildman–Crippen LogP) is 3.55. The molecule has 0 aliphatic heterocycles. The van der Waals surface area contributed by atoms with Gasteiger partial charge in [-0.15, -0.1) is 0 Å². The summed E-state index contributed by atoms with van der Waals surface area (Å²) in [6, 6.07) is 9.55. The molecular formula is C15H14BrNO2. The maximum absolute atomic E-state index is 11.0. The third kappa shape index (κ3) is 4.48. The molecule has 4 heteroatoms. The fraction of sp³-hybridized carbons (Fsp3) is 0.200. The first-order valence-electron chi connectivity index (χ1n) is 5.94. The number of benzene rings is 1. The highest BCUT2D eigenvalue weighted by Crippen LogP contribution is 2.16. The quantitative estimate of drug-likeness (QED) is 0.846. The second-order valence-electron chi connectivity index (χ2n) is 4.32. The number of pyridine rings is 1. The minimum absolute atomic E-state index is 0.161. The highest BCUT2D eigenvalue weighted by molar-refractivity contribution is 9.10. The van der Waals surface area contributed by atoms with Crippen LogP contribution >= 0.6 is 15.9 Å². The van der Waals surface area contributed by atoms with Crippen LogP contribution in [0.4, 0.5) is 0 Å². The van der Waals surface area contributed by atoms with Gasteiger partial charge in [-0.3, -0.25) is 9.78 Å². The number of ether oxygens (including phenoxy) is 1. The molecule has 1 aromatic heterocycles. The average Bonchev–Trinajstić information content (AvgIpc) is 2.37. The van der Waals surface area contributed by atoms with Gasteiger partial charge >= 0.3 is 0 Å². The number of rotatable bonds is 5. The molecule has 0 saturated carbocycles. The summed E-state index contributed by atoms with van der Waals surface area (Å²) in [7, 11) is 0. The number of hydrogen-bond donors (Lipinski definition) is 0. The van der Waals surface area contributed by atoms with Crippen molar-refractivity contribution >= 4 is 21.7 Å². The molecule has 0 N–H and O–H groups in total. The van der Waals surface area contributed by atoms with Crippen LogP contribution < -0.4 is 4.74 Å². The monoisotopic (exact) mass is 319 g/mol. The predicted molar refractivity (Wildman–Crippen MR) is 77.1 cm³/mol. The third-order valence-electron chi connectivity index (χ3n) is 2.54. The Morgan fingerprint density at radius 3 is 2.58 bits per heavy atom. The number of ketones is 1. The standard InChI is InChI=1S/C15H14BrNO2/c1-11(18)6-12-2-4-15(5-3-12)19-10-13-7-14(16)9-17-8-13/h2-5,7-9H,6,10H2,1H3. The Labute approximate surface area is 120 Å². The number of hydrogen-bond acceptors (Lipinski definition) is 3. The zero-order chi connectivity index (χ0) is 13.7. The zero-order valence-electron chi connectivity index (χ0n) is 10.6. The van der Waals surface area contributed by atoms with Gasteiger partial charge in [-0.05, 0) is 46.6 Å². The Morgan fingerprint density at radius 1 is 1.21 bits per heavy atom. The van der Waals surface area contributed by atoms with Crippen molar-refractivity contribution in [3.8, 4) is 5.75 Å². The molecule has 0 amide bonds. The normalized spacial score (nSPS) is 10.2. The van der Waals surface area contributed by atoms with E-state index in [1.807, 2.05) is 30.3 Å². The van der Waals surface area contributed by atoms with Gasteiger partial charge in [0.05, 0.1) is 0 Å². The topological polar surface area (TPSA) is 39.2 Å². The van der Waals surface area contributed by atoms with Gasteiger partial charge in [0.2, 0.25) is 0 Å². The summed E-state index contributed by atoms with van der Waals surface area (Å²) in [5, 5.41) is 0. The van der Waals surface area contributed by atoms with E-state index in [1.54, 1.807) is 19.3 Å². The van der Waals surface area contributed by atoms with E-state index in [4.69, 9.17) is 4.74 Å². The van der Waals surface area contributed by atoms with Crippen LogP contribution in [0.2, 0.25) is 0 Å². The van der Waals surface area contributed by atoms with E-state index in [-0.39, 0.29) is 5.78 Å². The Bertz CT molecular complexity index is 567. The van der Waals surface area contributed by atoms with E-state index in [2.05, 4.69) is 20.9 Å². The van der Waals surface area contributed by atoms with Gasteiger partial charge in [0.25, 0.3) is 0 Å². The third-order valence-corrected chi connectivity index (χ3v) is 2.98. The molecule has 0 radical (unpaired) electrons. The number of carbonyl (C=O) groups excluding carboxylic acids is 1. The highest BCUT2D eigenvalue weighted by atomic mass is 79.9. The lowest BCUT2D eigenvalue weighted by atomic mass is 10.1. The van der Waals surface area contributed by atoms with Crippen molar-refractivity contribution in [1.82, 2.24) is 4.98 Å². The van der Waals surface area contributed by atoms with E-state index in [9.17, 15) is 4.79 Å². The summed E-state index contributed by atoms with van der Waals surface area (Å²) in [6.45, 7) is 2.06. The van der Waals surface area contributed by atoms with Crippen LogP contribution in [-0.2, 0) is 17.8 Å². The maximum atomic E-state index is 11.0. The van der Waals surface area contributed by atoms with Gasteiger partial charge in [-0.1, -0.05) is 12.1 Å². The number of aromatic nitrogens is 1. The molecule has 3 nitrogen and oxygen atoms in total. The number of Topliss-reactive ketones (excluding diaryl/α,β-unsaturated/α-hetero) is 1. The van der Waals surface area contributed by atoms with Crippen molar-refractivity contribution in [1.29, 1.82) is 0 Å². The van der Waals surface area contributed by atoms with E-state index >= 15 is 0 Å². The minimum atomic E-state index is 0.161. The van der Waals surface area contributed by atoms with Crippen LogP contribution in [0.15, 0.2) is 47.2 Å². The molecular weight excluding hydrogens is 306 g/mol. The zero-order valence-corrected chi connectivity index (χ0v) is 12.2. The van der Waals surface area contributed by atoms with Crippen LogP contribution in [-0.4, -0.2) is 10.8 Å². The largest absolute Gasteiger partial charge is 0.489 e. The number of nitrogens with zero attached hydrogens (tertiary/aromatic N) is 1. The van der Waals surface area contributed by atoms with Crippen molar-refractivity contribution in [2.24, 2.45) is 0 Å². The molecule has 2 rings (SSSR count). The Hall–Kier alpha value is -1.68. The second kappa shape index (κ2) is 6.48. The molecule has 0 aliphatic rings. The fourth-order valence-electron chi connectivity index (χ4n) is 1.69. The first-order chi connectivity index (χ1) is 9.13. The minimum Gasteiger partial charge on any atom is -0.489 e. The smallest absolute Gasteiger partial charge is 0.134 e. The first kappa shape index (κ1) is 13.7. The van der Waals surface area contributed by atoms with Gasteiger partial charge in [0.15, 0.2) is 0 Å². The molecule has 0 aliphatic carbocycles. The van der Waals surface area contributed by atoms with Crippen molar-refractivity contribution in [3.05, 3.63) is 58.3 Å². The SMILES string of the molecule is CC(=O)Cc1ccc(OCc2cncc(Br)c2)cc1. The summed E-state index contributed by atoms with van der Waals surface area (Å²) in [4.78, 5) is 15.1. The maximum Gasteiger partial charge on any atom is 0.134 e. The van der Waals surface area contributed by atoms with Gasteiger partial charge in [-0.2, -0.15) is 0 Å². The Morgan fingerprint density at radius 2 is 1.95 bits per heavy atom. The van der Waals surface area contributed by atoms with Crippen LogP contribution in [0.25, 0.3) is 0 Å². The summed E-state index contributed by atoms with van der Waals surface area (Å²) >= 11 is 3.37. The van der Waals surface area contributed by atoms with Crippen LogP contribution in [0.3, 0.4) is 0 Å².